The average molecular weight is 247 g/mol. The van der Waals surface area contributed by atoms with Gasteiger partial charge in [0.1, 0.15) is 0 Å². The molecule has 0 saturated carbocycles. The van der Waals surface area contributed by atoms with Crippen LogP contribution in [0.2, 0.25) is 0 Å². The Morgan fingerprint density at radius 3 is 2.18 bits per heavy atom. The molecule has 0 radical (unpaired) electrons. The third-order valence-corrected chi connectivity index (χ3v) is 2.67. The van der Waals surface area contributed by atoms with Crippen LogP contribution in [0.4, 0.5) is 13.2 Å². The van der Waals surface area contributed by atoms with Gasteiger partial charge in [-0.05, 0) is 30.5 Å². The molecule has 96 valence electrons. The molecule has 0 aliphatic carbocycles. The molecule has 0 spiro atoms. The summed E-state index contributed by atoms with van der Waals surface area (Å²) in [6.45, 7) is 1.89. The van der Waals surface area contributed by atoms with Gasteiger partial charge in [-0.3, -0.25) is 0 Å². The highest BCUT2D eigenvalue weighted by Crippen LogP contribution is 2.30. The molecule has 1 rings (SSSR count). The fourth-order valence-corrected chi connectivity index (χ4v) is 1.48. The number of aliphatic hydroxyl groups excluding tert-OH is 1. The predicted octanol–water partition coefficient (Wildman–Crippen LogP) is 2.87. The first-order valence-electron chi connectivity index (χ1n) is 5.45. The third kappa shape index (κ3) is 4.02. The molecule has 0 amide bonds. The van der Waals surface area contributed by atoms with Gasteiger partial charge in [0, 0.05) is 6.04 Å². The second-order valence-corrected chi connectivity index (χ2v) is 4.04. The van der Waals surface area contributed by atoms with Gasteiger partial charge >= 0.3 is 6.18 Å². The summed E-state index contributed by atoms with van der Waals surface area (Å²) in [6, 6.07) is 4.37. The second-order valence-electron chi connectivity index (χ2n) is 4.04. The third-order valence-electron chi connectivity index (χ3n) is 2.67. The van der Waals surface area contributed by atoms with Crippen molar-refractivity contribution in [3.8, 4) is 0 Å². The number of hydrogen-bond donors (Lipinski definition) is 2. The van der Waals surface area contributed by atoms with E-state index in [1.54, 1.807) is 0 Å². The summed E-state index contributed by atoms with van der Waals surface area (Å²) < 4.78 is 36.9. The summed E-state index contributed by atoms with van der Waals surface area (Å²) >= 11 is 0. The molecule has 17 heavy (non-hydrogen) atoms. The number of halogens is 3. The molecule has 0 saturated heterocycles. The van der Waals surface area contributed by atoms with Crippen molar-refractivity contribution >= 4 is 0 Å². The highest BCUT2D eigenvalue weighted by molar-refractivity contribution is 5.26. The standard InChI is InChI=1S/C12H16F3NO/c1-2-10(16)7-11(17)8-3-5-9(6-4-8)12(13,14)15/h3-6,10-11,17H,2,7,16H2,1H3. The lowest BCUT2D eigenvalue weighted by atomic mass is 10.00. The first-order chi connectivity index (χ1) is 7.84. The van der Waals surface area contributed by atoms with E-state index in [0.29, 0.717) is 12.0 Å². The lowest BCUT2D eigenvalue weighted by Crippen LogP contribution is -2.21. The van der Waals surface area contributed by atoms with Gasteiger partial charge in [0.2, 0.25) is 0 Å². The Bertz CT molecular complexity index is 348. The van der Waals surface area contributed by atoms with Crippen LogP contribution in [0.5, 0.6) is 0 Å². The van der Waals surface area contributed by atoms with Crippen LogP contribution in [0.1, 0.15) is 37.0 Å². The molecule has 0 aromatic heterocycles. The summed E-state index contributed by atoms with van der Waals surface area (Å²) in [5.41, 5.74) is 5.42. The number of alkyl halides is 3. The predicted molar refractivity (Wildman–Crippen MR) is 59.3 cm³/mol. The smallest absolute Gasteiger partial charge is 0.388 e. The molecule has 2 atom stereocenters. The van der Waals surface area contributed by atoms with Crippen molar-refractivity contribution in [2.45, 2.75) is 38.1 Å². The largest absolute Gasteiger partial charge is 0.416 e. The Morgan fingerprint density at radius 1 is 1.24 bits per heavy atom. The Labute approximate surface area is 98.3 Å². The van der Waals surface area contributed by atoms with E-state index in [0.717, 1.165) is 18.6 Å². The van der Waals surface area contributed by atoms with E-state index >= 15 is 0 Å². The van der Waals surface area contributed by atoms with Crippen LogP contribution in [0, 0.1) is 0 Å². The van der Waals surface area contributed by atoms with E-state index in [1.165, 1.54) is 12.1 Å². The Hall–Kier alpha value is -1.07. The van der Waals surface area contributed by atoms with Gasteiger partial charge < -0.3 is 10.8 Å². The van der Waals surface area contributed by atoms with Crippen molar-refractivity contribution in [1.82, 2.24) is 0 Å². The van der Waals surface area contributed by atoms with Crippen LogP contribution < -0.4 is 5.73 Å². The van der Waals surface area contributed by atoms with E-state index < -0.39 is 17.8 Å². The molecule has 2 unspecified atom stereocenters. The topological polar surface area (TPSA) is 46.2 Å². The molecule has 0 heterocycles. The van der Waals surface area contributed by atoms with E-state index in [1.807, 2.05) is 6.92 Å². The van der Waals surface area contributed by atoms with Crippen molar-refractivity contribution in [2.24, 2.45) is 5.73 Å². The Kier molecular flexibility index (Phi) is 4.54. The number of nitrogens with two attached hydrogens (primary N) is 1. The zero-order valence-corrected chi connectivity index (χ0v) is 9.54. The molecule has 2 nitrogen and oxygen atoms in total. The molecule has 1 aromatic carbocycles. The average Bonchev–Trinajstić information content (AvgIpc) is 2.27. The number of hydrogen-bond acceptors (Lipinski definition) is 2. The van der Waals surface area contributed by atoms with Crippen LogP contribution in [0.3, 0.4) is 0 Å². The minimum Gasteiger partial charge on any atom is -0.388 e. The minimum atomic E-state index is -4.34. The van der Waals surface area contributed by atoms with Gasteiger partial charge in [0.15, 0.2) is 0 Å². The summed E-state index contributed by atoms with van der Waals surface area (Å²) in [5, 5.41) is 9.75. The van der Waals surface area contributed by atoms with Gasteiger partial charge in [0.05, 0.1) is 11.7 Å². The first-order valence-corrected chi connectivity index (χ1v) is 5.45. The van der Waals surface area contributed by atoms with Gasteiger partial charge in [-0.25, -0.2) is 0 Å². The van der Waals surface area contributed by atoms with Gasteiger partial charge in [-0.15, -0.1) is 0 Å². The van der Waals surface area contributed by atoms with Crippen LogP contribution in [0.15, 0.2) is 24.3 Å². The number of benzene rings is 1. The Balaban J connectivity index is 2.74. The van der Waals surface area contributed by atoms with Gasteiger partial charge in [-0.2, -0.15) is 13.2 Å². The van der Waals surface area contributed by atoms with Crippen molar-refractivity contribution in [2.75, 3.05) is 0 Å². The molecule has 3 N–H and O–H groups in total. The van der Waals surface area contributed by atoms with E-state index in [4.69, 9.17) is 5.73 Å². The second kappa shape index (κ2) is 5.51. The van der Waals surface area contributed by atoms with Crippen molar-refractivity contribution in [3.63, 3.8) is 0 Å². The Morgan fingerprint density at radius 2 is 1.76 bits per heavy atom. The SMILES string of the molecule is CCC(N)CC(O)c1ccc(C(F)(F)F)cc1. The number of rotatable bonds is 4. The molecular formula is C12H16F3NO. The highest BCUT2D eigenvalue weighted by atomic mass is 19.4. The zero-order chi connectivity index (χ0) is 13.1. The molecular weight excluding hydrogens is 231 g/mol. The molecule has 0 aliphatic heterocycles. The lowest BCUT2D eigenvalue weighted by Gasteiger charge is -2.16. The van der Waals surface area contributed by atoms with Crippen LogP contribution in [-0.2, 0) is 6.18 Å². The lowest BCUT2D eigenvalue weighted by molar-refractivity contribution is -0.137. The van der Waals surface area contributed by atoms with Crippen molar-refractivity contribution in [1.29, 1.82) is 0 Å². The monoisotopic (exact) mass is 247 g/mol. The van der Waals surface area contributed by atoms with Crippen LogP contribution >= 0.6 is 0 Å². The molecule has 5 heteroatoms. The molecule has 0 fully saturated rings. The summed E-state index contributed by atoms with van der Waals surface area (Å²) in [6.07, 6.45) is -4.09. The first kappa shape index (κ1) is 14.0. The van der Waals surface area contributed by atoms with Gasteiger partial charge in [-0.1, -0.05) is 19.1 Å². The van der Waals surface area contributed by atoms with E-state index in [2.05, 4.69) is 0 Å². The van der Waals surface area contributed by atoms with Crippen molar-refractivity contribution < 1.29 is 18.3 Å². The molecule has 0 aliphatic rings. The highest BCUT2D eigenvalue weighted by Gasteiger charge is 2.30. The molecule has 1 aromatic rings. The van der Waals surface area contributed by atoms with Crippen molar-refractivity contribution in [3.05, 3.63) is 35.4 Å². The van der Waals surface area contributed by atoms with E-state index in [9.17, 15) is 18.3 Å². The quantitative estimate of drug-likeness (QED) is 0.859. The maximum atomic E-state index is 12.3. The maximum absolute atomic E-state index is 12.3. The van der Waals surface area contributed by atoms with Crippen LogP contribution in [-0.4, -0.2) is 11.1 Å². The minimum absolute atomic E-state index is 0.146. The summed E-state index contributed by atoms with van der Waals surface area (Å²) in [5.74, 6) is 0. The number of aliphatic hydroxyl groups is 1. The fourth-order valence-electron chi connectivity index (χ4n) is 1.48. The van der Waals surface area contributed by atoms with Crippen LogP contribution in [0.25, 0.3) is 0 Å². The summed E-state index contributed by atoms with van der Waals surface area (Å²) in [4.78, 5) is 0. The van der Waals surface area contributed by atoms with E-state index in [-0.39, 0.29) is 6.04 Å². The zero-order valence-electron chi connectivity index (χ0n) is 9.54. The summed E-state index contributed by atoms with van der Waals surface area (Å²) in [7, 11) is 0. The fraction of sp³-hybridized carbons (Fsp3) is 0.500. The normalized spacial score (nSPS) is 15.6. The van der Waals surface area contributed by atoms with Gasteiger partial charge in [0.25, 0.3) is 0 Å². The maximum Gasteiger partial charge on any atom is 0.416 e. The molecule has 0 bridgehead atoms.